The number of hydrogen-bond acceptors (Lipinski definition) is 3. The predicted molar refractivity (Wildman–Crippen MR) is 89.7 cm³/mol. The first-order valence-electron chi connectivity index (χ1n) is 7.02. The van der Waals surface area contributed by atoms with Gasteiger partial charge in [-0.05, 0) is 43.2 Å². The van der Waals surface area contributed by atoms with Crippen molar-refractivity contribution in [3.05, 3.63) is 74.8 Å². The predicted octanol–water partition coefficient (Wildman–Crippen LogP) is 3.58. The van der Waals surface area contributed by atoms with Gasteiger partial charge in [0.25, 0.3) is 5.56 Å². The second kappa shape index (κ2) is 5.81. The minimum Gasteiger partial charge on any atom is -0.379 e. The van der Waals surface area contributed by atoms with Gasteiger partial charge >= 0.3 is 0 Å². The molecule has 22 heavy (non-hydrogen) atoms. The number of anilines is 1. The van der Waals surface area contributed by atoms with Gasteiger partial charge in [-0.2, -0.15) is 0 Å². The summed E-state index contributed by atoms with van der Waals surface area (Å²) in [6.07, 6.45) is 1.79. The fourth-order valence-corrected chi connectivity index (χ4v) is 2.42. The fraction of sp³-hybridized carbons (Fsp3) is 0.176. The molecule has 5 heteroatoms. The van der Waals surface area contributed by atoms with Crippen molar-refractivity contribution in [1.82, 2.24) is 9.38 Å². The molecule has 0 bridgehead atoms. The van der Waals surface area contributed by atoms with Crippen LogP contribution in [0.5, 0.6) is 0 Å². The van der Waals surface area contributed by atoms with E-state index >= 15 is 0 Å². The minimum absolute atomic E-state index is 0.0764. The molecular weight excluding hydrogens is 298 g/mol. The number of nitrogens with one attached hydrogen (secondary N) is 1. The summed E-state index contributed by atoms with van der Waals surface area (Å²) in [6, 6.07) is 11.1. The molecule has 0 fully saturated rings. The molecule has 1 aromatic carbocycles. The Morgan fingerprint density at radius 2 is 2.00 bits per heavy atom. The molecule has 0 aliphatic rings. The number of fused-ring (bicyclic) bond motifs is 1. The van der Waals surface area contributed by atoms with Gasteiger partial charge in [-0.25, -0.2) is 4.98 Å². The van der Waals surface area contributed by atoms with Gasteiger partial charge in [0.15, 0.2) is 0 Å². The van der Waals surface area contributed by atoms with Gasteiger partial charge < -0.3 is 5.32 Å². The van der Waals surface area contributed by atoms with Crippen LogP contribution < -0.4 is 10.9 Å². The van der Waals surface area contributed by atoms with Crippen LogP contribution in [0.15, 0.2) is 47.4 Å². The van der Waals surface area contributed by atoms with Crippen LogP contribution in [0.25, 0.3) is 5.65 Å². The number of pyridine rings is 1. The van der Waals surface area contributed by atoms with Crippen LogP contribution in [0.3, 0.4) is 0 Å². The zero-order valence-corrected chi connectivity index (χ0v) is 13.2. The van der Waals surface area contributed by atoms with Crippen LogP contribution in [-0.2, 0) is 6.54 Å². The van der Waals surface area contributed by atoms with Gasteiger partial charge in [-0.1, -0.05) is 23.7 Å². The molecule has 0 saturated carbocycles. The third-order valence-corrected chi connectivity index (χ3v) is 3.91. The molecule has 0 atom stereocenters. The van der Waals surface area contributed by atoms with Gasteiger partial charge in [0.2, 0.25) is 0 Å². The van der Waals surface area contributed by atoms with Crippen LogP contribution in [0.2, 0.25) is 5.02 Å². The number of halogens is 1. The van der Waals surface area contributed by atoms with E-state index in [1.165, 1.54) is 0 Å². The Balaban J connectivity index is 1.86. The van der Waals surface area contributed by atoms with Crippen molar-refractivity contribution in [2.24, 2.45) is 0 Å². The molecule has 3 rings (SSSR count). The summed E-state index contributed by atoms with van der Waals surface area (Å²) in [4.78, 5) is 16.6. The zero-order chi connectivity index (χ0) is 15.7. The summed E-state index contributed by atoms with van der Waals surface area (Å²) in [5.74, 6) is 0. The number of aromatic nitrogens is 2. The van der Waals surface area contributed by atoms with E-state index in [9.17, 15) is 4.79 Å². The molecule has 2 heterocycles. The molecule has 0 saturated heterocycles. The minimum atomic E-state index is -0.0764. The third kappa shape index (κ3) is 2.97. The molecule has 0 aliphatic heterocycles. The average Bonchev–Trinajstić information content (AvgIpc) is 2.49. The Bertz CT molecular complexity index is 902. The van der Waals surface area contributed by atoms with Crippen molar-refractivity contribution in [2.75, 3.05) is 5.32 Å². The molecule has 0 spiro atoms. The highest BCUT2D eigenvalue weighted by Gasteiger charge is 2.03. The summed E-state index contributed by atoms with van der Waals surface area (Å²) in [5.41, 5.74) is 4.23. The highest BCUT2D eigenvalue weighted by molar-refractivity contribution is 6.31. The monoisotopic (exact) mass is 313 g/mol. The first-order valence-corrected chi connectivity index (χ1v) is 7.40. The van der Waals surface area contributed by atoms with E-state index in [1.807, 2.05) is 44.2 Å². The molecule has 0 unspecified atom stereocenters. The van der Waals surface area contributed by atoms with Crippen LogP contribution in [0.4, 0.5) is 5.69 Å². The zero-order valence-electron chi connectivity index (χ0n) is 12.4. The second-order valence-electron chi connectivity index (χ2n) is 5.34. The summed E-state index contributed by atoms with van der Waals surface area (Å²) in [5, 5.41) is 3.95. The smallest absolute Gasteiger partial charge is 0.258 e. The lowest BCUT2D eigenvalue weighted by atomic mass is 10.2. The SMILES string of the molecule is Cc1ccc2nc(CNc3ccc(C)c(Cl)c3)cc(=O)n2c1. The van der Waals surface area contributed by atoms with Crippen molar-refractivity contribution in [1.29, 1.82) is 0 Å². The molecular formula is C17H16ClN3O. The van der Waals surface area contributed by atoms with Crippen molar-refractivity contribution >= 4 is 22.9 Å². The Morgan fingerprint density at radius 1 is 1.18 bits per heavy atom. The lowest BCUT2D eigenvalue weighted by Gasteiger charge is -2.09. The maximum atomic E-state index is 12.1. The molecule has 2 aromatic heterocycles. The summed E-state index contributed by atoms with van der Waals surface area (Å²) in [6.45, 7) is 4.38. The normalized spacial score (nSPS) is 10.9. The number of nitrogens with zero attached hydrogens (tertiary/aromatic N) is 2. The topological polar surface area (TPSA) is 46.4 Å². The summed E-state index contributed by atoms with van der Waals surface area (Å²) >= 11 is 6.10. The summed E-state index contributed by atoms with van der Waals surface area (Å²) in [7, 11) is 0. The maximum Gasteiger partial charge on any atom is 0.258 e. The van der Waals surface area contributed by atoms with Crippen LogP contribution in [0.1, 0.15) is 16.8 Å². The standard InChI is InChI=1S/C17H16ClN3O/c1-11-3-6-16-20-14(8-17(22)21(16)10-11)9-19-13-5-4-12(2)15(18)7-13/h3-8,10,19H,9H2,1-2H3. The Morgan fingerprint density at radius 3 is 2.77 bits per heavy atom. The molecule has 1 N–H and O–H groups in total. The van der Waals surface area contributed by atoms with Gasteiger partial charge in [0.1, 0.15) is 5.65 Å². The molecule has 0 aliphatic carbocycles. The molecule has 0 amide bonds. The van der Waals surface area contributed by atoms with Crippen molar-refractivity contribution < 1.29 is 0 Å². The molecule has 3 aromatic rings. The average molecular weight is 314 g/mol. The Labute approximate surface area is 133 Å². The number of rotatable bonds is 3. The van der Waals surface area contributed by atoms with E-state index in [1.54, 1.807) is 16.7 Å². The Hall–Kier alpha value is -2.33. The van der Waals surface area contributed by atoms with Gasteiger partial charge in [-0.3, -0.25) is 9.20 Å². The molecule has 4 nitrogen and oxygen atoms in total. The fourth-order valence-electron chi connectivity index (χ4n) is 2.24. The van der Waals surface area contributed by atoms with Crippen LogP contribution in [-0.4, -0.2) is 9.38 Å². The Kier molecular flexibility index (Phi) is 3.86. The number of hydrogen-bond donors (Lipinski definition) is 1. The van der Waals surface area contributed by atoms with Crippen LogP contribution in [0, 0.1) is 13.8 Å². The maximum absolute atomic E-state index is 12.1. The van der Waals surface area contributed by atoms with Crippen molar-refractivity contribution in [3.8, 4) is 0 Å². The molecule has 0 radical (unpaired) electrons. The van der Waals surface area contributed by atoms with Crippen molar-refractivity contribution in [3.63, 3.8) is 0 Å². The molecule has 112 valence electrons. The first kappa shape index (κ1) is 14.6. The number of benzene rings is 1. The highest BCUT2D eigenvalue weighted by atomic mass is 35.5. The van der Waals surface area contributed by atoms with E-state index in [-0.39, 0.29) is 5.56 Å². The quantitative estimate of drug-likeness (QED) is 0.804. The summed E-state index contributed by atoms with van der Waals surface area (Å²) < 4.78 is 1.56. The van der Waals surface area contributed by atoms with E-state index in [4.69, 9.17) is 11.6 Å². The third-order valence-electron chi connectivity index (χ3n) is 3.51. The highest BCUT2D eigenvalue weighted by Crippen LogP contribution is 2.20. The van der Waals surface area contributed by atoms with Gasteiger partial charge in [-0.15, -0.1) is 0 Å². The van der Waals surface area contributed by atoms with E-state index in [2.05, 4.69) is 10.3 Å². The second-order valence-corrected chi connectivity index (χ2v) is 5.75. The van der Waals surface area contributed by atoms with E-state index < -0.39 is 0 Å². The van der Waals surface area contributed by atoms with E-state index in [0.717, 1.165) is 16.8 Å². The largest absolute Gasteiger partial charge is 0.379 e. The van der Waals surface area contributed by atoms with E-state index in [0.29, 0.717) is 22.9 Å². The lowest BCUT2D eigenvalue weighted by molar-refractivity contribution is 0.965. The first-order chi connectivity index (χ1) is 10.5. The van der Waals surface area contributed by atoms with Crippen molar-refractivity contribution in [2.45, 2.75) is 20.4 Å². The number of aryl methyl sites for hydroxylation is 2. The van der Waals surface area contributed by atoms with Gasteiger partial charge in [0, 0.05) is 23.0 Å². The lowest BCUT2D eigenvalue weighted by Crippen LogP contribution is -2.17. The van der Waals surface area contributed by atoms with Crippen LogP contribution >= 0.6 is 11.6 Å². The van der Waals surface area contributed by atoms with Gasteiger partial charge in [0.05, 0.1) is 12.2 Å².